The molecule has 0 rings (SSSR count). The highest BCUT2D eigenvalue weighted by Crippen LogP contribution is 1.82. The van der Waals surface area contributed by atoms with Crippen LogP contribution >= 0.6 is 65.8 Å². The van der Waals surface area contributed by atoms with Crippen molar-refractivity contribution in [3.8, 4) is 0 Å². The summed E-state index contributed by atoms with van der Waals surface area (Å²) in [4.78, 5) is 0. The Morgan fingerprint density at radius 2 is 1.00 bits per heavy atom. The van der Waals surface area contributed by atoms with E-state index < -0.39 is 0 Å². The Labute approximate surface area is 75.9 Å². The van der Waals surface area contributed by atoms with E-state index in [2.05, 4.69) is 31.9 Å². The summed E-state index contributed by atoms with van der Waals surface area (Å²) in [7, 11) is 0. The first-order valence-electron chi connectivity index (χ1n) is 1.03. The predicted octanol–water partition coefficient (Wildman–Crippen LogP) is 2.93. The van der Waals surface area contributed by atoms with Gasteiger partial charge in [-0.25, -0.2) is 0 Å². The minimum atomic E-state index is 0. The first-order valence-corrected chi connectivity index (χ1v) is 3.28. The fraction of sp³-hybridized carbons (Fsp3) is 1.00. The molecule has 0 bridgehead atoms. The number of alkyl halides is 2. The summed E-state index contributed by atoms with van der Waals surface area (Å²) >= 11 is 6.40. The van der Waals surface area contributed by atoms with E-state index in [0.717, 1.165) is 10.7 Å². The molecule has 6 heavy (non-hydrogen) atoms. The predicted molar refractivity (Wildman–Crippen MR) is 48.2 cm³/mol. The van der Waals surface area contributed by atoms with Crippen LogP contribution in [0.1, 0.15) is 0 Å². The standard InChI is InChI=1S/C2H4Br2.2BrH/c3-1-2-4;;/h1-2H2;2*1H. The topological polar surface area (TPSA) is 0 Å². The van der Waals surface area contributed by atoms with Crippen LogP contribution < -0.4 is 0 Å². The third-order valence-electron chi connectivity index (χ3n) is 0.0714. The average molecular weight is 350 g/mol. The van der Waals surface area contributed by atoms with Gasteiger partial charge in [0.15, 0.2) is 0 Å². The van der Waals surface area contributed by atoms with E-state index in [4.69, 9.17) is 0 Å². The Morgan fingerprint density at radius 1 is 0.833 bits per heavy atom. The summed E-state index contributed by atoms with van der Waals surface area (Å²) in [5.74, 6) is 0. The van der Waals surface area contributed by atoms with Crippen molar-refractivity contribution in [1.82, 2.24) is 0 Å². The maximum Gasteiger partial charge on any atom is 0.0129 e. The van der Waals surface area contributed by atoms with Gasteiger partial charge < -0.3 is 0 Å². The van der Waals surface area contributed by atoms with Crippen molar-refractivity contribution < 1.29 is 0 Å². The summed E-state index contributed by atoms with van der Waals surface area (Å²) in [6, 6.07) is 0. The lowest BCUT2D eigenvalue weighted by atomic mass is 11.0. The minimum Gasteiger partial charge on any atom is -0.114 e. The summed E-state index contributed by atoms with van der Waals surface area (Å²) in [5, 5.41) is 2.10. The molecule has 0 unspecified atom stereocenters. The summed E-state index contributed by atoms with van der Waals surface area (Å²) in [5.41, 5.74) is 0. The SMILES string of the molecule is Br.Br.BrCCBr. The lowest BCUT2D eigenvalue weighted by Gasteiger charge is -1.63. The first-order chi connectivity index (χ1) is 1.91. The smallest absolute Gasteiger partial charge is 0.0129 e. The van der Waals surface area contributed by atoms with Crippen LogP contribution in [0.4, 0.5) is 0 Å². The third-order valence-corrected chi connectivity index (χ3v) is 1.93. The molecule has 0 N–H and O–H groups in total. The number of hydrogen-bond acceptors (Lipinski definition) is 0. The quantitative estimate of drug-likeness (QED) is 0.639. The minimum absolute atomic E-state index is 0. The van der Waals surface area contributed by atoms with Crippen molar-refractivity contribution in [2.45, 2.75) is 0 Å². The van der Waals surface area contributed by atoms with Crippen LogP contribution in [-0.2, 0) is 0 Å². The second-order valence-electron chi connectivity index (χ2n) is 0.378. The molecular weight excluding hydrogens is 344 g/mol. The fourth-order valence-corrected chi connectivity index (χ4v) is 0. The van der Waals surface area contributed by atoms with Crippen LogP contribution in [0.3, 0.4) is 0 Å². The van der Waals surface area contributed by atoms with Crippen LogP contribution in [0.5, 0.6) is 0 Å². The molecule has 0 saturated carbocycles. The van der Waals surface area contributed by atoms with E-state index >= 15 is 0 Å². The summed E-state index contributed by atoms with van der Waals surface area (Å²) < 4.78 is 0. The van der Waals surface area contributed by atoms with Crippen LogP contribution in [0.25, 0.3) is 0 Å². The van der Waals surface area contributed by atoms with Crippen molar-refractivity contribution >= 4 is 65.8 Å². The molecule has 0 radical (unpaired) electrons. The first kappa shape index (κ1) is 15.7. The van der Waals surface area contributed by atoms with E-state index in [-0.39, 0.29) is 34.0 Å². The van der Waals surface area contributed by atoms with Crippen LogP contribution in [-0.4, -0.2) is 10.7 Å². The van der Waals surface area contributed by atoms with Gasteiger partial charge in [-0.15, -0.1) is 34.0 Å². The molecule has 0 saturated heterocycles. The van der Waals surface area contributed by atoms with Gasteiger partial charge in [0.25, 0.3) is 0 Å². The third kappa shape index (κ3) is 16.8. The van der Waals surface area contributed by atoms with Gasteiger partial charge in [-0.1, -0.05) is 31.9 Å². The maximum absolute atomic E-state index is 3.20. The molecule has 0 aromatic carbocycles. The van der Waals surface area contributed by atoms with Crippen molar-refractivity contribution in [1.29, 1.82) is 0 Å². The van der Waals surface area contributed by atoms with Gasteiger partial charge in [-0.3, -0.25) is 0 Å². The van der Waals surface area contributed by atoms with Gasteiger partial charge in [-0.2, -0.15) is 0 Å². The Balaban J connectivity index is -0.0000000450. The molecule has 0 aliphatic carbocycles. The zero-order chi connectivity index (χ0) is 3.41. The molecule has 0 spiro atoms. The highest BCUT2D eigenvalue weighted by atomic mass is 79.9. The van der Waals surface area contributed by atoms with Crippen molar-refractivity contribution in [3.63, 3.8) is 0 Å². The van der Waals surface area contributed by atoms with Gasteiger partial charge in [-0.05, 0) is 0 Å². The van der Waals surface area contributed by atoms with Crippen LogP contribution in [0.15, 0.2) is 0 Å². The van der Waals surface area contributed by atoms with E-state index in [9.17, 15) is 0 Å². The molecular formula is C2H6Br4. The van der Waals surface area contributed by atoms with E-state index in [1.165, 1.54) is 0 Å². The molecule has 0 amide bonds. The number of rotatable bonds is 1. The highest BCUT2D eigenvalue weighted by molar-refractivity contribution is 9.11. The Bertz CT molecular complexity index is 7.51. The zero-order valence-corrected chi connectivity index (χ0v) is 9.58. The van der Waals surface area contributed by atoms with Gasteiger partial charge in [0, 0.05) is 10.7 Å². The van der Waals surface area contributed by atoms with Gasteiger partial charge in [0.1, 0.15) is 0 Å². The van der Waals surface area contributed by atoms with Crippen molar-refractivity contribution in [2.24, 2.45) is 0 Å². The van der Waals surface area contributed by atoms with Gasteiger partial charge in [0.05, 0.1) is 0 Å². The Kier molecular flexibility index (Phi) is 41.2. The highest BCUT2D eigenvalue weighted by Gasteiger charge is 1.60. The molecule has 0 nitrogen and oxygen atoms in total. The second-order valence-corrected chi connectivity index (χ2v) is 1.96. The molecule has 4 heteroatoms. The number of halogens is 4. The maximum atomic E-state index is 3.20. The molecule has 0 heterocycles. The van der Waals surface area contributed by atoms with Gasteiger partial charge in [0.2, 0.25) is 0 Å². The van der Waals surface area contributed by atoms with Crippen molar-refractivity contribution in [2.75, 3.05) is 10.7 Å². The van der Waals surface area contributed by atoms with E-state index in [1.54, 1.807) is 0 Å². The van der Waals surface area contributed by atoms with Crippen LogP contribution in [0, 0.1) is 0 Å². The molecule has 0 aliphatic heterocycles. The molecule has 0 aromatic heterocycles. The fourth-order valence-electron chi connectivity index (χ4n) is 0. The lowest BCUT2D eigenvalue weighted by Crippen LogP contribution is -1.61. The summed E-state index contributed by atoms with van der Waals surface area (Å²) in [6.07, 6.45) is 0. The molecule has 42 valence electrons. The normalized spacial score (nSPS) is 5.00. The van der Waals surface area contributed by atoms with Gasteiger partial charge >= 0.3 is 0 Å². The summed E-state index contributed by atoms with van der Waals surface area (Å²) in [6.45, 7) is 0. The Morgan fingerprint density at radius 3 is 1.00 bits per heavy atom. The zero-order valence-electron chi connectivity index (χ0n) is 2.99. The Hall–Kier alpha value is 1.92. The average Bonchev–Trinajstić information content (AvgIpc) is 1.37. The molecule has 0 aromatic rings. The lowest BCUT2D eigenvalue weighted by molar-refractivity contribution is 1.62. The van der Waals surface area contributed by atoms with E-state index in [0.29, 0.717) is 0 Å². The van der Waals surface area contributed by atoms with Crippen LogP contribution in [0.2, 0.25) is 0 Å². The molecule has 0 fully saturated rings. The molecule has 0 atom stereocenters. The second kappa shape index (κ2) is 15.8. The van der Waals surface area contributed by atoms with Crippen molar-refractivity contribution in [3.05, 3.63) is 0 Å². The number of hydrogen-bond donors (Lipinski definition) is 0. The molecule has 0 aliphatic rings. The largest absolute Gasteiger partial charge is 0.114 e. The van der Waals surface area contributed by atoms with E-state index in [1.807, 2.05) is 0 Å². The monoisotopic (exact) mass is 346 g/mol.